The van der Waals surface area contributed by atoms with Crippen LogP contribution in [0.5, 0.6) is 0 Å². The van der Waals surface area contributed by atoms with Gasteiger partial charge in [0.2, 0.25) is 0 Å². The third-order valence-electron chi connectivity index (χ3n) is 4.46. The van der Waals surface area contributed by atoms with E-state index >= 15 is 0 Å². The first kappa shape index (κ1) is 16.5. The van der Waals surface area contributed by atoms with Gasteiger partial charge in [-0.25, -0.2) is 0 Å². The van der Waals surface area contributed by atoms with Gasteiger partial charge in [-0.1, -0.05) is 48.2 Å². The van der Waals surface area contributed by atoms with Crippen molar-refractivity contribution in [3.05, 3.63) is 70.1 Å². The summed E-state index contributed by atoms with van der Waals surface area (Å²) in [5.41, 5.74) is 5.13. The van der Waals surface area contributed by atoms with Crippen LogP contribution in [0.1, 0.15) is 16.7 Å². The third kappa shape index (κ3) is 3.53. The van der Waals surface area contributed by atoms with Crippen LogP contribution in [0.2, 0.25) is 0 Å². The Bertz CT molecular complexity index is 872. The first-order valence-corrected chi connectivity index (χ1v) is 10.3. The SMILES string of the molecule is CSC1=NC(=O)/C(=C/c2ccc(N3CCc4ccccc4C3)cc2)S1. The Morgan fingerprint density at radius 1 is 1.12 bits per heavy atom. The zero-order valence-corrected chi connectivity index (χ0v) is 15.6. The maximum atomic E-state index is 11.9. The molecular weight excluding hydrogens is 348 g/mol. The summed E-state index contributed by atoms with van der Waals surface area (Å²) < 4.78 is 0.819. The number of amides is 1. The highest BCUT2D eigenvalue weighted by Gasteiger charge is 2.21. The van der Waals surface area contributed by atoms with E-state index in [1.807, 2.05) is 12.3 Å². The predicted molar refractivity (Wildman–Crippen MR) is 109 cm³/mol. The molecule has 0 unspecified atom stereocenters. The molecule has 0 atom stereocenters. The van der Waals surface area contributed by atoms with E-state index in [9.17, 15) is 4.79 Å². The van der Waals surface area contributed by atoms with Gasteiger partial charge < -0.3 is 4.90 Å². The molecular formula is C20H18N2OS2. The molecule has 0 N–H and O–H groups in total. The molecule has 25 heavy (non-hydrogen) atoms. The lowest BCUT2D eigenvalue weighted by atomic mass is 9.99. The van der Waals surface area contributed by atoms with Crippen molar-refractivity contribution in [2.24, 2.45) is 4.99 Å². The summed E-state index contributed by atoms with van der Waals surface area (Å²) in [5, 5.41) is 0. The second-order valence-electron chi connectivity index (χ2n) is 6.03. The van der Waals surface area contributed by atoms with Crippen molar-refractivity contribution in [2.75, 3.05) is 17.7 Å². The average Bonchev–Trinajstić information content (AvgIpc) is 3.02. The van der Waals surface area contributed by atoms with Crippen molar-refractivity contribution in [1.82, 2.24) is 0 Å². The standard InChI is InChI=1S/C20H18N2OS2/c1-24-20-21-19(23)18(25-20)12-14-6-8-17(9-7-14)22-11-10-15-4-2-3-5-16(15)13-22/h2-9,12H,10-11,13H2,1H3/b18-12-. The molecule has 0 bridgehead atoms. The Balaban J connectivity index is 1.49. The minimum Gasteiger partial charge on any atom is -0.367 e. The molecule has 5 heteroatoms. The number of benzene rings is 2. The summed E-state index contributed by atoms with van der Waals surface area (Å²) in [7, 11) is 0. The van der Waals surface area contributed by atoms with E-state index in [2.05, 4.69) is 58.4 Å². The number of nitrogens with zero attached hydrogens (tertiary/aromatic N) is 2. The molecule has 1 amide bonds. The lowest BCUT2D eigenvalue weighted by Gasteiger charge is -2.30. The second-order valence-corrected chi connectivity index (χ2v) is 8.11. The zero-order valence-electron chi connectivity index (χ0n) is 13.9. The largest absolute Gasteiger partial charge is 0.367 e. The van der Waals surface area contributed by atoms with Crippen LogP contribution < -0.4 is 4.90 Å². The van der Waals surface area contributed by atoms with Gasteiger partial charge in [0.1, 0.15) is 4.38 Å². The lowest BCUT2D eigenvalue weighted by molar-refractivity contribution is -0.113. The van der Waals surface area contributed by atoms with Crippen LogP contribution in [0.25, 0.3) is 6.08 Å². The number of carbonyl (C=O) groups is 1. The summed E-state index contributed by atoms with van der Waals surface area (Å²) in [4.78, 5) is 19.0. The Morgan fingerprint density at radius 2 is 1.88 bits per heavy atom. The molecule has 0 aliphatic carbocycles. The van der Waals surface area contributed by atoms with Gasteiger partial charge in [-0.15, -0.1) is 11.8 Å². The number of anilines is 1. The molecule has 126 valence electrons. The fraction of sp³-hybridized carbons (Fsp3) is 0.200. The van der Waals surface area contributed by atoms with E-state index in [1.54, 1.807) is 0 Å². The van der Waals surface area contributed by atoms with Crippen molar-refractivity contribution < 1.29 is 4.79 Å². The van der Waals surface area contributed by atoms with Gasteiger partial charge in [0, 0.05) is 18.8 Å². The fourth-order valence-electron chi connectivity index (χ4n) is 3.13. The highest BCUT2D eigenvalue weighted by Crippen LogP contribution is 2.33. The lowest BCUT2D eigenvalue weighted by Crippen LogP contribution is -2.30. The first-order valence-electron chi connectivity index (χ1n) is 8.21. The molecule has 3 nitrogen and oxygen atoms in total. The molecule has 2 aromatic rings. The smallest absolute Gasteiger partial charge is 0.285 e. The second kappa shape index (κ2) is 7.10. The summed E-state index contributed by atoms with van der Waals surface area (Å²) in [6.45, 7) is 1.99. The highest BCUT2D eigenvalue weighted by molar-refractivity contribution is 8.40. The maximum absolute atomic E-state index is 11.9. The molecule has 0 radical (unpaired) electrons. The summed E-state index contributed by atoms with van der Waals surface area (Å²) in [5.74, 6) is -0.133. The fourth-order valence-corrected chi connectivity index (χ4v) is 4.55. The normalized spacial score (nSPS) is 18.4. The third-order valence-corrected chi connectivity index (χ3v) is 6.43. The van der Waals surface area contributed by atoms with Gasteiger partial charge >= 0.3 is 0 Å². The van der Waals surface area contributed by atoms with Crippen molar-refractivity contribution in [3.63, 3.8) is 0 Å². The van der Waals surface area contributed by atoms with E-state index in [4.69, 9.17) is 0 Å². The molecule has 2 aromatic carbocycles. The number of hydrogen-bond acceptors (Lipinski definition) is 4. The molecule has 0 aromatic heterocycles. The summed E-state index contributed by atoms with van der Waals surface area (Å²) in [6, 6.07) is 17.1. The van der Waals surface area contributed by atoms with Gasteiger partial charge in [0.25, 0.3) is 5.91 Å². The first-order chi connectivity index (χ1) is 12.2. The van der Waals surface area contributed by atoms with E-state index < -0.39 is 0 Å². The molecule has 4 rings (SSSR count). The number of fused-ring (bicyclic) bond motifs is 1. The van der Waals surface area contributed by atoms with Crippen LogP contribution in [0.15, 0.2) is 58.4 Å². The monoisotopic (exact) mass is 366 g/mol. The molecule has 2 heterocycles. The van der Waals surface area contributed by atoms with Gasteiger partial charge in [0.05, 0.1) is 4.91 Å². The number of rotatable bonds is 2. The Hall–Kier alpha value is -1.98. The summed E-state index contributed by atoms with van der Waals surface area (Å²) >= 11 is 2.96. The number of carbonyl (C=O) groups excluding carboxylic acids is 1. The Labute approximate surface area is 156 Å². The molecule has 0 saturated carbocycles. The van der Waals surface area contributed by atoms with Crippen LogP contribution in [0.3, 0.4) is 0 Å². The Morgan fingerprint density at radius 3 is 2.60 bits per heavy atom. The average molecular weight is 367 g/mol. The molecule has 2 aliphatic rings. The maximum Gasteiger partial charge on any atom is 0.285 e. The van der Waals surface area contributed by atoms with Crippen LogP contribution in [0.4, 0.5) is 5.69 Å². The molecule has 2 aliphatic heterocycles. The van der Waals surface area contributed by atoms with Gasteiger partial charge in [-0.05, 0) is 47.6 Å². The van der Waals surface area contributed by atoms with Crippen LogP contribution in [0, 0.1) is 0 Å². The Kier molecular flexibility index (Phi) is 4.68. The topological polar surface area (TPSA) is 32.7 Å². The van der Waals surface area contributed by atoms with Gasteiger partial charge in [-0.2, -0.15) is 4.99 Å². The number of aliphatic imine (C=N–C) groups is 1. The van der Waals surface area contributed by atoms with Crippen LogP contribution >= 0.6 is 23.5 Å². The molecule has 0 saturated heterocycles. The molecule has 0 fully saturated rings. The van der Waals surface area contributed by atoms with Crippen LogP contribution in [-0.2, 0) is 17.8 Å². The van der Waals surface area contributed by atoms with Crippen molar-refractivity contribution in [1.29, 1.82) is 0 Å². The van der Waals surface area contributed by atoms with E-state index in [0.29, 0.717) is 4.91 Å². The zero-order chi connectivity index (χ0) is 17.2. The number of hydrogen-bond donors (Lipinski definition) is 0. The minimum absolute atomic E-state index is 0.133. The molecule has 0 spiro atoms. The summed E-state index contributed by atoms with van der Waals surface area (Å²) in [6.07, 6.45) is 4.95. The van der Waals surface area contributed by atoms with Crippen molar-refractivity contribution in [2.45, 2.75) is 13.0 Å². The van der Waals surface area contributed by atoms with E-state index in [0.717, 1.165) is 29.4 Å². The minimum atomic E-state index is -0.133. The van der Waals surface area contributed by atoms with Gasteiger partial charge in [-0.3, -0.25) is 4.79 Å². The van der Waals surface area contributed by atoms with Crippen molar-refractivity contribution in [3.8, 4) is 0 Å². The van der Waals surface area contributed by atoms with E-state index in [1.165, 1.54) is 40.3 Å². The number of thioether (sulfide) groups is 2. The van der Waals surface area contributed by atoms with Crippen molar-refractivity contribution >= 4 is 45.6 Å². The highest BCUT2D eigenvalue weighted by atomic mass is 32.2. The van der Waals surface area contributed by atoms with E-state index in [-0.39, 0.29) is 5.91 Å². The van der Waals surface area contributed by atoms with Gasteiger partial charge in [0.15, 0.2) is 0 Å². The quantitative estimate of drug-likeness (QED) is 0.728. The van der Waals surface area contributed by atoms with Crippen LogP contribution in [-0.4, -0.2) is 23.1 Å². The predicted octanol–water partition coefficient (Wildman–Crippen LogP) is 4.58.